The average molecular weight is 328 g/mol. The summed E-state index contributed by atoms with van der Waals surface area (Å²) < 4.78 is 0. The lowest BCUT2D eigenvalue weighted by Crippen LogP contribution is -2.49. The molecule has 1 N–H and O–H groups in total. The van der Waals surface area contributed by atoms with E-state index in [0.717, 1.165) is 24.0 Å². The van der Waals surface area contributed by atoms with Crippen LogP contribution in [-0.4, -0.2) is 5.11 Å². The van der Waals surface area contributed by atoms with E-state index >= 15 is 0 Å². The predicted molar refractivity (Wildman–Crippen MR) is 102 cm³/mol. The Kier molecular flexibility index (Phi) is 3.97. The molecule has 4 rings (SSSR count). The highest BCUT2D eigenvalue weighted by Gasteiger charge is 2.57. The van der Waals surface area contributed by atoms with Gasteiger partial charge in [0.1, 0.15) is 5.60 Å². The van der Waals surface area contributed by atoms with Crippen LogP contribution >= 0.6 is 0 Å². The second kappa shape index (κ2) is 6.16. The van der Waals surface area contributed by atoms with Crippen molar-refractivity contribution < 1.29 is 5.11 Å². The van der Waals surface area contributed by atoms with E-state index in [0.29, 0.717) is 5.92 Å². The molecule has 0 bridgehead atoms. The molecule has 0 radical (unpaired) electrons. The molecule has 1 nitrogen and oxygen atoms in total. The predicted octanol–water partition coefficient (Wildman–Crippen LogP) is 5.29. The topological polar surface area (TPSA) is 20.2 Å². The summed E-state index contributed by atoms with van der Waals surface area (Å²) in [7, 11) is 0. The number of hydrogen-bond donors (Lipinski definition) is 1. The Bertz CT molecular complexity index is 782. The van der Waals surface area contributed by atoms with Crippen molar-refractivity contribution >= 4 is 0 Å². The fourth-order valence-corrected chi connectivity index (χ4v) is 4.31. The number of hydrogen-bond acceptors (Lipinski definition) is 1. The van der Waals surface area contributed by atoms with Gasteiger partial charge >= 0.3 is 0 Å². The summed E-state index contributed by atoms with van der Waals surface area (Å²) in [6, 6.07) is 30.8. The molecule has 0 spiro atoms. The molecule has 1 unspecified atom stereocenters. The lowest BCUT2D eigenvalue weighted by Gasteiger charge is -2.47. The number of benzene rings is 3. The van der Waals surface area contributed by atoms with Crippen LogP contribution < -0.4 is 0 Å². The van der Waals surface area contributed by atoms with E-state index < -0.39 is 5.60 Å². The Morgan fingerprint density at radius 2 is 1.00 bits per heavy atom. The molecule has 1 fully saturated rings. The quantitative estimate of drug-likeness (QED) is 0.674. The summed E-state index contributed by atoms with van der Waals surface area (Å²) in [5.41, 5.74) is 1.67. The van der Waals surface area contributed by atoms with Crippen LogP contribution in [0.1, 0.15) is 36.5 Å². The maximum atomic E-state index is 12.3. The van der Waals surface area contributed by atoms with Crippen molar-refractivity contribution in [1.29, 1.82) is 0 Å². The van der Waals surface area contributed by atoms with E-state index in [-0.39, 0.29) is 5.41 Å². The van der Waals surface area contributed by atoms with Crippen LogP contribution in [-0.2, 0) is 11.0 Å². The van der Waals surface area contributed by atoms with Crippen molar-refractivity contribution in [2.24, 2.45) is 5.92 Å². The van der Waals surface area contributed by atoms with E-state index in [1.54, 1.807) is 0 Å². The van der Waals surface area contributed by atoms with Gasteiger partial charge < -0.3 is 5.11 Å². The molecule has 3 aromatic rings. The molecule has 1 saturated carbocycles. The third-order valence-corrected chi connectivity index (χ3v) is 5.90. The van der Waals surface area contributed by atoms with E-state index in [2.05, 4.69) is 55.5 Å². The van der Waals surface area contributed by atoms with Crippen LogP contribution in [0, 0.1) is 5.92 Å². The molecule has 0 heterocycles. The first kappa shape index (κ1) is 16.1. The standard InChI is InChI=1S/C24H24O/c1-23(20-17-18-20,19-11-5-2-6-12-19)24(25,21-13-7-3-8-14-21)22-15-9-4-10-16-22/h2-16,20,25H,17-18H2,1H3. The molecule has 0 amide bonds. The number of aliphatic hydroxyl groups is 1. The van der Waals surface area contributed by atoms with Gasteiger partial charge in [0.15, 0.2) is 0 Å². The average Bonchev–Trinajstić information content (AvgIpc) is 3.54. The highest BCUT2D eigenvalue weighted by Crippen LogP contribution is 2.58. The molecule has 1 heteroatoms. The maximum absolute atomic E-state index is 12.3. The van der Waals surface area contributed by atoms with Gasteiger partial charge in [0.05, 0.1) is 0 Å². The van der Waals surface area contributed by atoms with Crippen LogP contribution in [0.3, 0.4) is 0 Å². The molecule has 0 aliphatic heterocycles. The Hall–Kier alpha value is -2.38. The molecule has 25 heavy (non-hydrogen) atoms. The number of rotatable bonds is 5. The summed E-state index contributed by atoms with van der Waals surface area (Å²) in [6.45, 7) is 2.24. The molecular weight excluding hydrogens is 304 g/mol. The third-order valence-electron chi connectivity index (χ3n) is 5.90. The second-order valence-corrected chi connectivity index (χ2v) is 7.29. The SMILES string of the molecule is CC(c1ccccc1)(C1CC1)C(O)(c1ccccc1)c1ccccc1. The van der Waals surface area contributed by atoms with Crippen LogP contribution in [0.15, 0.2) is 91.0 Å². The van der Waals surface area contributed by atoms with Crippen molar-refractivity contribution in [2.45, 2.75) is 30.8 Å². The summed E-state index contributed by atoms with van der Waals surface area (Å²) in [5.74, 6) is 0.473. The smallest absolute Gasteiger partial charge is 0.124 e. The van der Waals surface area contributed by atoms with E-state index in [9.17, 15) is 5.11 Å². The molecule has 3 aromatic carbocycles. The van der Waals surface area contributed by atoms with Crippen molar-refractivity contribution in [3.05, 3.63) is 108 Å². The van der Waals surface area contributed by atoms with E-state index in [1.165, 1.54) is 5.56 Å². The lowest BCUT2D eigenvalue weighted by atomic mass is 9.60. The Balaban J connectivity index is 2.00. The molecule has 1 atom stereocenters. The van der Waals surface area contributed by atoms with Crippen molar-refractivity contribution in [1.82, 2.24) is 0 Å². The van der Waals surface area contributed by atoms with Crippen LogP contribution in [0.25, 0.3) is 0 Å². The third kappa shape index (κ3) is 2.51. The Morgan fingerprint density at radius 1 is 0.640 bits per heavy atom. The summed E-state index contributed by atoms with van der Waals surface area (Å²) in [6.07, 6.45) is 2.32. The van der Waals surface area contributed by atoms with Gasteiger partial charge in [0.25, 0.3) is 0 Å². The van der Waals surface area contributed by atoms with Crippen LogP contribution in [0.2, 0.25) is 0 Å². The Labute approximate surface area is 150 Å². The highest BCUT2D eigenvalue weighted by molar-refractivity contribution is 5.46. The molecule has 126 valence electrons. The lowest BCUT2D eigenvalue weighted by molar-refractivity contribution is -0.0120. The van der Waals surface area contributed by atoms with Crippen LogP contribution in [0.4, 0.5) is 0 Å². The first-order valence-corrected chi connectivity index (χ1v) is 9.06. The second-order valence-electron chi connectivity index (χ2n) is 7.29. The van der Waals surface area contributed by atoms with Crippen molar-refractivity contribution in [3.8, 4) is 0 Å². The van der Waals surface area contributed by atoms with Crippen LogP contribution in [0.5, 0.6) is 0 Å². The molecular formula is C24H24O. The van der Waals surface area contributed by atoms with Gasteiger partial charge in [-0.15, -0.1) is 0 Å². The molecule has 1 aliphatic rings. The van der Waals surface area contributed by atoms with Gasteiger partial charge in [0.2, 0.25) is 0 Å². The van der Waals surface area contributed by atoms with Gasteiger partial charge in [-0.3, -0.25) is 0 Å². The summed E-state index contributed by atoms with van der Waals surface area (Å²) in [5, 5.41) is 12.3. The van der Waals surface area contributed by atoms with Gasteiger partial charge in [0, 0.05) is 5.41 Å². The summed E-state index contributed by atoms with van der Waals surface area (Å²) >= 11 is 0. The van der Waals surface area contributed by atoms with E-state index in [4.69, 9.17) is 0 Å². The first-order valence-electron chi connectivity index (χ1n) is 9.06. The van der Waals surface area contributed by atoms with Crippen molar-refractivity contribution in [3.63, 3.8) is 0 Å². The highest BCUT2D eigenvalue weighted by atomic mass is 16.3. The van der Waals surface area contributed by atoms with E-state index in [1.807, 2.05) is 42.5 Å². The summed E-state index contributed by atoms with van der Waals surface area (Å²) in [4.78, 5) is 0. The largest absolute Gasteiger partial charge is 0.379 e. The first-order chi connectivity index (χ1) is 12.2. The van der Waals surface area contributed by atoms with Gasteiger partial charge in [-0.1, -0.05) is 97.9 Å². The molecule has 0 aromatic heterocycles. The van der Waals surface area contributed by atoms with Gasteiger partial charge in [-0.25, -0.2) is 0 Å². The maximum Gasteiger partial charge on any atom is 0.124 e. The zero-order valence-electron chi connectivity index (χ0n) is 14.6. The van der Waals surface area contributed by atoms with Gasteiger partial charge in [-0.2, -0.15) is 0 Å². The van der Waals surface area contributed by atoms with Gasteiger partial charge in [-0.05, 0) is 35.4 Å². The normalized spacial score (nSPS) is 17.0. The fraction of sp³-hybridized carbons (Fsp3) is 0.250. The monoisotopic (exact) mass is 328 g/mol. The minimum atomic E-state index is -1.07. The minimum Gasteiger partial charge on any atom is -0.379 e. The van der Waals surface area contributed by atoms with Crippen molar-refractivity contribution in [2.75, 3.05) is 0 Å². The zero-order valence-corrected chi connectivity index (χ0v) is 14.6. The molecule has 1 aliphatic carbocycles. The molecule has 0 saturated heterocycles. The fourth-order valence-electron chi connectivity index (χ4n) is 4.31. The zero-order chi connectivity index (χ0) is 17.3. The Morgan fingerprint density at radius 3 is 1.36 bits per heavy atom. The minimum absolute atomic E-state index is 0.378.